The minimum atomic E-state index is -0.677. The predicted octanol–water partition coefficient (Wildman–Crippen LogP) is 3.13. The molecule has 2 amide bonds. The molecular weight excluding hydrogens is 461 g/mol. The lowest BCUT2D eigenvalue weighted by molar-refractivity contribution is -0.134. The highest BCUT2D eigenvalue weighted by Crippen LogP contribution is 2.61. The highest BCUT2D eigenvalue weighted by molar-refractivity contribution is 6.01. The predicted molar refractivity (Wildman–Crippen MR) is 131 cm³/mol. The van der Waals surface area contributed by atoms with E-state index in [0.717, 1.165) is 24.5 Å². The van der Waals surface area contributed by atoms with Gasteiger partial charge in [-0.05, 0) is 57.4 Å². The number of halogens is 1. The van der Waals surface area contributed by atoms with Crippen molar-refractivity contribution < 1.29 is 18.7 Å². The highest BCUT2D eigenvalue weighted by atomic mass is 19.1. The number of fused-ring (bicyclic) bond motifs is 2. The number of pyridine rings is 1. The van der Waals surface area contributed by atoms with Gasteiger partial charge in [0.05, 0.1) is 22.8 Å². The number of rotatable bonds is 4. The number of hydrogen-bond acceptors (Lipinski definition) is 6. The first kappa shape index (κ1) is 23.2. The Morgan fingerprint density at radius 3 is 2.75 bits per heavy atom. The van der Waals surface area contributed by atoms with Crippen LogP contribution in [-0.2, 0) is 33.5 Å². The fraction of sp³-hybridized carbons (Fsp3) is 0.481. The first-order valence-corrected chi connectivity index (χ1v) is 12.5. The van der Waals surface area contributed by atoms with Gasteiger partial charge in [-0.1, -0.05) is 6.07 Å². The van der Waals surface area contributed by atoms with Gasteiger partial charge in [-0.3, -0.25) is 29.5 Å². The molecule has 3 fully saturated rings. The van der Waals surface area contributed by atoms with Crippen LogP contribution in [0.4, 0.5) is 4.39 Å². The Morgan fingerprint density at radius 1 is 1.25 bits per heavy atom. The number of likely N-dealkylation sites (tertiary alicyclic amines) is 1. The number of nitrogens with one attached hydrogen (secondary N) is 1. The van der Waals surface area contributed by atoms with Crippen LogP contribution in [0, 0.1) is 19.7 Å². The molecule has 9 heteroatoms. The first-order valence-electron chi connectivity index (χ1n) is 12.5. The summed E-state index contributed by atoms with van der Waals surface area (Å²) < 4.78 is 24.4. The van der Waals surface area contributed by atoms with Crippen molar-refractivity contribution >= 4 is 22.7 Å². The van der Waals surface area contributed by atoms with E-state index in [4.69, 9.17) is 4.74 Å². The van der Waals surface area contributed by atoms with E-state index >= 15 is 4.39 Å². The maximum Gasteiger partial charge on any atom is 0.234 e. The Kier molecular flexibility index (Phi) is 5.11. The summed E-state index contributed by atoms with van der Waals surface area (Å²) in [4.78, 5) is 31.1. The number of carbonyl (C=O) groups is 2. The van der Waals surface area contributed by atoms with E-state index < -0.39 is 17.1 Å². The summed E-state index contributed by atoms with van der Waals surface area (Å²) in [5.41, 5.74) is 3.41. The van der Waals surface area contributed by atoms with Crippen molar-refractivity contribution in [1.29, 1.82) is 0 Å². The third-order valence-electron chi connectivity index (χ3n) is 8.21. The van der Waals surface area contributed by atoms with Crippen molar-refractivity contribution in [3.8, 4) is 0 Å². The van der Waals surface area contributed by atoms with E-state index in [1.54, 1.807) is 12.1 Å². The van der Waals surface area contributed by atoms with Crippen LogP contribution in [0.1, 0.15) is 60.3 Å². The maximum atomic E-state index is 16.1. The molecule has 3 aliphatic heterocycles. The normalized spacial score (nSPS) is 28.3. The van der Waals surface area contributed by atoms with E-state index in [1.807, 2.05) is 31.6 Å². The molecule has 0 aliphatic carbocycles. The Bertz CT molecular complexity index is 1430. The monoisotopic (exact) mass is 491 g/mol. The molecule has 5 heterocycles. The lowest BCUT2D eigenvalue weighted by Crippen LogP contribution is -2.44. The summed E-state index contributed by atoms with van der Waals surface area (Å²) in [6, 6.07) is 7.49. The van der Waals surface area contributed by atoms with Crippen LogP contribution in [0.15, 0.2) is 24.3 Å². The molecule has 3 aliphatic rings. The van der Waals surface area contributed by atoms with Crippen molar-refractivity contribution in [2.45, 2.75) is 63.7 Å². The lowest BCUT2D eigenvalue weighted by atomic mass is 9.80. The number of carbonyl (C=O) groups excluding carboxylic acids is 2. The number of ether oxygens (including phenoxy) is 1. The minimum absolute atomic E-state index is 0.264. The Labute approximate surface area is 208 Å². The van der Waals surface area contributed by atoms with E-state index in [9.17, 15) is 9.59 Å². The molecule has 36 heavy (non-hydrogen) atoms. The van der Waals surface area contributed by atoms with Crippen molar-refractivity contribution in [3.05, 3.63) is 58.3 Å². The molecule has 3 aromatic rings. The molecule has 188 valence electrons. The number of piperidine rings is 2. The number of amides is 2. The summed E-state index contributed by atoms with van der Waals surface area (Å²) in [7, 11) is 1.95. The topological polar surface area (TPSA) is 92.6 Å². The first-order chi connectivity index (χ1) is 17.1. The molecule has 1 N–H and O–H groups in total. The van der Waals surface area contributed by atoms with Crippen LogP contribution in [0.5, 0.6) is 0 Å². The number of aromatic nitrogens is 3. The van der Waals surface area contributed by atoms with E-state index in [-0.39, 0.29) is 24.1 Å². The van der Waals surface area contributed by atoms with Crippen LogP contribution in [-0.4, -0.2) is 50.2 Å². The number of aryl methyl sites for hydroxylation is 3. The quantitative estimate of drug-likeness (QED) is 0.445. The van der Waals surface area contributed by atoms with Gasteiger partial charge in [-0.25, -0.2) is 4.39 Å². The largest absolute Gasteiger partial charge is 0.356 e. The number of epoxide rings is 1. The van der Waals surface area contributed by atoms with E-state index in [0.29, 0.717) is 47.1 Å². The van der Waals surface area contributed by atoms with Crippen LogP contribution in [0.3, 0.4) is 0 Å². The number of imide groups is 1. The van der Waals surface area contributed by atoms with Gasteiger partial charge in [0.15, 0.2) is 0 Å². The van der Waals surface area contributed by atoms with Crippen LogP contribution >= 0.6 is 0 Å². The SMILES string of the molecule is Cc1cc(CN2CCC3(c4ccc5nc(C)c(C6CCC(=O)NC6=O)cc5c4F)OC3(C)C2)n(C)n1. The standard InChI is InChI=1S/C27H30FN5O3/c1-15-11-17(32(4)31-15)13-33-10-9-27(26(3,14-33)36-27)21-6-7-22-20(24(21)28)12-19(16(2)29-22)18-5-8-23(34)30-25(18)35/h6-7,11-12,18H,5,8-10,13-14H2,1-4H3,(H,30,34,35). The minimum Gasteiger partial charge on any atom is -0.356 e. The Balaban J connectivity index is 1.31. The zero-order valence-electron chi connectivity index (χ0n) is 21.0. The molecule has 6 rings (SSSR count). The summed E-state index contributed by atoms with van der Waals surface area (Å²) in [6.07, 6.45) is 1.35. The van der Waals surface area contributed by atoms with Crippen molar-refractivity contribution in [1.82, 2.24) is 25.0 Å². The molecule has 1 aromatic carbocycles. The lowest BCUT2D eigenvalue weighted by Gasteiger charge is -2.32. The van der Waals surface area contributed by atoms with Crippen molar-refractivity contribution in [2.24, 2.45) is 7.05 Å². The van der Waals surface area contributed by atoms with Gasteiger partial charge in [0.1, 0.15) is 17.0 Å². The molecule has 0 spiro atoms. The smallest absolute Gasteiger partial charge is 0.234 e. The number of hydrogen-bond donors (Lipinski definition) is 1. The van der Waals surface area contributed by atoms with Gasteiger partial charge >= 0.3 is 0 Å². The number of nitrogens with zero attached hydrogens (tertiary/aromatic N) is 4. The van der Waals surface area contributed by atoms with Gasteiger partial charge in [0, 0.05) is 49.7 Å². The molecule has 3 atom stereocenters. The van der Waals surface area contributed by atoms with Gasteiger partial charge in [-0.2, -0.15) is 5.10 Å². The Hall–Kier alpha value is -3.17. The average Bonchev–Trinajstić information content (AvgIpc) is 3.32. The van der Waals surface area contributed by atoms with Gasteiger partial charge in [-0.15, -0.1) is 0 Å². The molecule has 0 saturated carbocycles. The molecule has 3 saturated heterocycles. The van der Waals surface area contributed by atoms with Crippen LogP contribution in [0.25, 0.3) is 10.9 Å². The highest BCUT2D eigenvalue weighted by Gasteiger charge is 2.70. The second kappa shape index (κ2) is 7.91. The Morgan fingerprint density at radius 2 is 2.06 bits per heavy atom. The molecular formula is C27H30FN5O3. The summed E-state index contributed by atoms with van der Waals surface area (Å²) in [5, 5.41) is 7.22. The second-order valence-corrected chi connectivity index (χ2v) is 10.7. The number of benzene rings is 1. The van der Waals surface area contributed by atoms with Crippen molar-refractivity contribution in [3.63, 3.8) is 0 Å². The van der Waals surface area contributed by atoms with Gasteiger partial charge in [0.2, 0.25) is 11.8 Å². The third-order valence-corrected chi connectivity index (χ3v) is 8.21. The van der Waals surface area contributed by atoms with Gasteiger partial charge in [0.25, 0.3) is 0 Å². The van der Waals surface area contributed by atoms with Crippen LogP contribution < -0.4 is 5.32 Å². The summed E-state index contributed by atoms with van der Waals surface area (Å²) in [6.45, 7) is 8.11. The molecule has 0 bridgehead atoms. The molecule has 3 unspecified atom stereocenters. The van der Waals surface area contributed by atoms with E-state index in [2.05, 4.69) is 33.3 Å². The molecule has 2 aromatic heterocycles. The van der Waals surface area contributed by atoms with E-state index in [1.165, 1.54) is 0 Å². The van der Waals surface area contributed by atoms with Crippen LogP contribution in [0.2, 0.25) is 0 Å². The molecule has 8 nitrogen and oxygen atoms in total. The summed E-state index contributed by atoms with van der Waals surface area (Å²) in [5.74, 6) is -1.47. The second-order valence-electron chi connectivity index (χ2n) is 10.7. The zero-order chi connectivity index (χ0) is 25.4. The van der Waals surface area contributed by atoms with Gasteiger partial charge < -0.3 is 4.74 Å². The fourth-order valence-corrected chi connectivity index (χ4v) is 6.28. The van der Waals surface area contributed by atoms with Crippen molar-refractivity contribution in [2.75, 3.05) is 13.1 Å². The third kappa shape index (κ3) is 3.48. The summed E-state index contributed by atoms with van der Waals surface area (Å²) >= 11 is 0. The fourth-order valence-electron chi connectivity index (χ4n) is 6.28. The maximum absolute atomic E-state index is 16.1. The zero-order valence-corrected chi connectivity index (χ0v) is 21.0. The molecule has 0 radical (unpaired) electrons. The average molecular weight is 492 g/mol.